The van der Waals surface area contributed by atoms with Crippen molar-refractivity contribution in [2.45, 2.75) is 137 Å². The molecule has 0 spiro atoms. The van der Waals surface area contributed by atoms with E-state index >= 15 is 0 Å². The van der Waals surface area contributed by atoms with Gasteiger partial charge in [0.15, 0.2) is 12.5 Å². The molecule has 1 saturated heterocycles. The molecule has 3 rings (SSSR count). The van der Waals surface area contributed by atoms with Crippen molar-refractivity contribution >= 4 is 68.5 Å². The number of ketones is 1. The van der Waals surface area contributed by atoms with Crippen LogP contribution >= 0.6 is 32.9 Å². The number of carbonyl (C=O) groups excluding carboxylic acids is 6. The maximum atomic E-state index is 14.8. The molecular formula is C46H72N6O9S3. The van der Waals surface area contributed by atoms with Crippen molar-refractivity contribution in [2.75, 3.05) is 38.9 Å². The van der Waals surface area contributed by atoms with E-state index in [-0.39, 0.29) is 85.6 Å². The van der Waals surface area contributed by atoms with Crippen LogP contribution in [-0.4, -0.2) is 113 Å². The summed E-state index contributed by atoms with van der Waals surface area (Å²) in [7, 11) is 5.07. The number of esters is 1. The van der Waals surface area contributed by atoms with Crippen LogP contribution in [0.15, 0.2) is 29.6 Å². The monoisotopic (exact) mass is 948 g/mol. The Hall–Kier alpha value is -3.87. The number of nitrogens with one attached hydrogen (secondary N) is 3. The van der Waals surface area contributed by atoms with Gasteiger partial charge in [0.2, 0.25) is 11.8 Å². The largest absolute Gasteiger partial charge is 0.508 e. The summed E-state index contributed by atoms with van der Waals surface area (Å²) in [5.41, 5.74) is 5.70. The molecule has 64 heavy (non-hydrogen) atoms. The predicted molar refractivity (Wildman–Crippen MR) is 255 cm³/mol. The van der Waals surface area contributed by atoms with Gasteiger partial charge in [-0.2, -0.15) is 0 Å². The second kappa shape index (κ2) is 28.2. The molecule has 4 N–H and O–H groups in total. The zero-order valence-corrected chi connectivity index (χ0v) is 41.6. The number of carbonyl (C=O) groups is 6. The zero-order chi connectivity index (χ0) is 47.3. The molecule has 1 aliphatic rings. The second-order valence-electron chi connectivity index (χ2n) is 17.3. The number of thiazole rings is 1. The third kappa shape index (κ3) is 17.8. The average Bonchev–Trinajstić information content (AvgIpc) is 3.77. The van der Waals surface area contributed by atoms with E-state index in [4.69, 9.17) is 14.5 Å². The normalized spacial score (nSPS) is 17.0. The summed E-state index contributed by atoms with van der Waals surface area (Å²) >= 11 is 1.34. The highest BCUT2D eigenvalue weighted by molar-refractivity contribution is 8.76. The van der Waals surface area contributed by atoms with E-state index in [2.05, 4.69) is 21.1 Å². The molecule has 15 nitrogen and oxygen atoms in total. The number of piperidine rings is 1. The van der Waals surface area contributed by atoms with Gasteiger partial charge >= 0.3 is 12.1 Å². The number of likely N-dealkylation sites (N-methyl/N-ethyl adjacent to an activating group) is 1. The molecule has 2 aromatic rings. The SMILES string of the molecule is CCCC(=O)OCN(C(=O)[C@@H](CC(=O)[C@H]1CCCCN1C)[C@@H](C)CC)[C@H](C[C@@H](C)c1nc(C(=O)N[C@@H](Cc2ccc(O)cc2)C[C@H](C)C(=O)NNC(=O)OCCSSC)cs1)C(C)C. The molecular weight excluding hydrogens is 877 g/mol. The van der Waals surface area contributed by atoms with Gasteiger partial charge in [0, 0.05) is 53.8 Å². The number of hydrazine groups is 1. The van der Waals surface area contributed by atoms with Crippen molar-refractivity contribution < 1.29 is 43.3 Å². The number of likely N-dealkylation sites (tertiary alicyclic amines) is 1. The number of benzene rings is 1. The molecule has 0 unspecified atom stereocenters. The van der Waals surface area contributed by atoms with Crippen LogP contribution in [0.4, 0.5) is 4.79 Å². The van der Waals surface area contributed by atoms with Crippen LogP contribution in [-0.2, 0) is 35.1 Å². The van der Waals surface area contributed by atoms with E-state index in [1.54, 1.807) is 63.1 Å². The number of phenols is 1. The van der Waals surface area contributed by atoms with Gasteiger partial charge in [-0.15, -0.1) is 11.3 Å². The Labute approximate surface area is 392 Å². The Balaban J connectivity index is 1.81. The Kier molecular flexibility index (Phi) is 24.0. The second-order valence-corrected chi connectivity index (χ2v) is 20.9. The summed E-state index contributed by atoms with van der Waals surface area (Å²) in [6.45, 7) is 14.5. The molecule has 1 aliphatic heterocycles. The van der Waals surface area contributed by atoms with Crippen LogP contribution in [0, 0.1) is 23.7 Å². The number of rotatable bonds is 26. The van der Waals surface area contributed by atoms with Crippen molar-refractivity contribution in [3.63, 3.8) is 0 Å². The zero-order valence-electron chi connectivity index (χ0n) is 39.2. The van der Waals surface area contributed by atoms with Gasteiger partial charge < -0.3 is 24.8 Å². The molecule has 1 aromatic carbocycles. The molecule has 358 valence electrons. The van der Waals surface area contributed by atoms with E-state index in [0.29, 0.717) is 36.4 Å². The fourth-order valence-corrected chi connectivity index (χ4v) is 9.77. The van der Waals surface area contributed by atoms with Crippen LogP contribution in [0.25, 0.3) is 0 Å². The molecule has 0 saturated carbocycles. The summed E-state index contributed by atoms with van der Waals surface area (Å²) in [4.78, 5) is 88.8. The molecule has 0 aliphatic carbocycles. The predicted octanol–water partition coefficient (Wildman–Crippen LogP) is 7.74. The third-order valence-electron chi connectivity index (χ3n) is 11.9. The lowest BCUT2D eigenvalue weighted by Gasteiger charge is -2.39. The number of hydrogen-bond donors (Lipinski definition) is 4. The maximum Gasteiger partial charge on any atom is 0.426 e. The van der Waals surface area contributed by atoms with Crippen LogP contribution < -0.4 is 16.2 Å². The summed E-state index contributed by atoms with van der Waals surface area (Å²) in [5, 5.41) is 15.3. The van der Waals surface area contributed by atoms with Crippen molar-refractivity contribution in [2.24, 2.45) is 23.7 Å². The first-order valence-corrected chi connectivity index (χ1v) is 26.2. The minimum absolute atomic E-state index is 0.0541. The fraction of sp³-hybridized carbons (Fsp3) is 0.674. The number of Topliss-reactive ketones (excluding diaryl/α,β-unsaturated/α-hetero) is 1. The maximum absolute atomic E-state index is 14.8. The number of phenolic OH excluding ortho intramolecular Hbond substituents is 1. The van der Waals surface area contributed by atoms with Crippen LogP contribution in [0.2, 0.25) is 0 Å². The number of nitrogens with zero attached hydrogens (tertiary/aromatic N) is 3. The number of aromatic hydroxyl groups is 1. The summed E-state index contributed by atoms with van der Waals surface area (Å²) in [6, 6.07) is 5.48. The molecule has 4 amide bonds. The van der Waals surface area contributed by atoms with E-state index in [1.807, 2.05) is 54.8 Å². The van der Waals surface area contributed by atoms with Crippen molar-refractivity contribution in [1.82, 2.24) is 31.0 Å². The van der Waals surface area contributed by atoms with E-state index in [0.717, 1.165) is 31.4 Å². The molecule has 0 radical (unpaired) electrons. The van der Waals surface area contributed by atoms with Crippen LogP contribution in [0.5, 0.6) is 5.75 Å². The van der Waals surface area contributed by atoms with E-state index in [1.165, 1.54) is 11.3 Å². The Morgan fingerprint density at radius 2 is 1.72 bits per heavy atom. The van der Waals surface area contributed by atoms with Crippen molar-refractivity contribution in [1.29, 1.82) is 0 Å². The fourth-order valence-electron chi connectivity index (χ4n) is 7.87. The summed E-state index contributed by atoms with van der Waals surface area (Å²) in [6.07, 6.45) is 6.64. The molecule has 7 atom stereocenters. The highest BCUT2D eigenvalue weighted by Crippen LogP contribution is 2.33. The lowest BCUT2D eigenvalue weighted by Crippen LogP contribution is -2.50. The number of aromatic nitrogens is 1. The first-order valence-electron chi connectivity index (χ1n) is 22.6. The molecule has 2 heterocycles. The lowest BCUT2D eigenvalue weighted by molar-refractivity contribution is -0.160. The number of amides is 4. The standard InChI is InChI=1S/C46H72N6O9S3/c1-10-14-41(55)61-28-52(45(58)36(30(5)11-2)26-40(54)38-15-12-13-20-51(38)8)39(29(3)4)24-32(7)44-48-37(27-63-44)43(57)47-34(25-33-16-18-35(53)19-17-33)23-31(6)42(56)49-50-46(59)60-21-22-64-62-9/h16-19,27,29-32,34,36,38-39,53H,10-15,20-26,28H2,1-9H3,(H,47,57)(H,49,56)(H,50,59)/t30-,31-,32+,34+,36-,38+,39+/m0/s1. The minimum atomic E-state index is -0.774. The highest BCUT2D eigenvalue weighted by atomic mass is 33.1. The summed E-state index contributed by atoms with van der Waals surface area (Å²) in [5.74, 6) is -2.27. The van der Waals surface area contributed by atoms with Gasteiger partial charge in [-0.1, -0.05) is 95.0 Å². The van der Waals surface area contributed by atoms with Crippen LogP contribution in [0.3, 0.4) is 0 Å². The third-order valence-corrected chi connectivity index (χ3v) is 14.8. The van der Waals surface area contributed by atoms with Crippen molar-refractivity contribution in [3.05, 3.63) is 45.9 Å². The first kappa shape index (κ1) is 54.5. The molecule has 1 fully saturated rings. The molecule has 0 bridgehead atoms. The summed E-state index contributed by atoms with van der Waals surface area (Å²) < 4.78 is 10.8. The van der Waals surface area contributed by atoms with E-state index < -0.39 is 41.8 Å². The van der Waals surface area contributed by atoms with E-state index in [9.17, 15) is 33.9 Å². The first-order chi connectivity index (χ1) is 30.5. The molecule has 1 aromatic heterocycles. The highest BCUT2D eigenvalue weighted by Gasteiger charge is 2.38. The van der Waals surface area contributed by atoms with Gasteiger partial charge in [-0.25, -0.2) is 15.2 Å². The van der Waals surface area contributed by atoms with Gasteiger partial charge in [-0.3, -0.25) is 34.3 Å². The van der Waals surface area contributed by atoms with Gasteiger partial charge in [-0.05, 0) is 87.9 Å². The smallest absolute Gasteiger partial charge is 0.426 e. The minimum Gasteiger partial charge on any atom is -0.508 e. The van der Waals surface area contributed by atoms with Crippen LogP contribution in [0.1, 0.15) is 133 Å². The topological polar surface area (TPSA) is 197 Å². The van der Waals surface area contributed by atoms with Gasteiger partial charge in [0.1, 0.15) is 18.1 Å². The Bertz CT molecular complexity index is 1800. The number of hydrogen-bond acceptors (Lipinski definition) is 14. The quantitative estimate of drug-likeness (QED) is 0.0235. The van der Waals surface area contributed by atoms with Gasteiger partial charge in [0.25, 0.3) is 5.91 Å². The Morgan fingerprint density at radius 1 is 1.00 bits per heavy atom. The average molecular weight is 949 g/mol. The Morgan fingerprint density at radius 3 is 2.36 bits per heavy atom. The number of ether oxygens (including phenoxy) is 2. The molecule has 18 heteroatoms. The van der Waals surface area contributed by atoms with Crippen molar-refractivity contribution in [3.8, 4) is 5.75 Å². The lowest BCUT2D eigenvalue weighted by atomic mass is 9.82. The van der Waals surface area contributed by atoms with Gasteiger partial charge in [0.05, 0.1) is 11.0 Å².